The van der Waals surface area contributed by atoms with Crippen LogP contribution in [0.2, 0.25) is 0 Å². The molecule has 4 bridgehead atoms. The Morgan fingerprint density at radius 3 is 2.26 bits per heavy atom. The largest absolute Gasteiger partial charge is 0.385 e. The summed E-state index contributed by atoms with van der Waals surface area (Å²) in [6.45, 7) is 3.48. The smallest absolute Gasteiger partial charge is 0.226 e. The first-order valence-electron chi connectivity index (χ1n) is 10.9. The summed E-state index contributed by atoms with van der Waals surface area (Å²) in [6, 6.07) is 0.318. The second-order valence-corrected chi connectivity index (χ2v) is 9.90. The molecule has 0 atom stereocenters. The van der Waals surface area contributed by atoms with Gasteiger partial charge in [0.25, 0.3) is 0 Å². The number of rotatable bonds is 6. The van der Waals surface area contributed by atoms with Gasteiger partial charge in [-0.1, -0.05) is 0 Å². The van der Waals surface area contributed by atoms with Crippen LogP contribution in [-0.4, -0.2) is 55.3 Å². The van der Waals surface area contributed by atoms with E-state index in [2.05, 4.69) is 15.5 Å². The van der Waals surface area contributed by atoms with Crippen molar-refractivity contribution in [3.63, 3.8) is 0 Å². The fraction of sp³-hybridized carbons (Fsp3) is 0.905. The number of carbonyl (C=O) groups is 1. The van der Waals surface area contributed by atoms with Crippen LogP contribution in [0.4, 0.5) is 0 Å². The van der Waals surface area contributed by atoms with Gasteiger partial charge in [-0.15, -0.1) is 0 Å². The van der Waals surface area contributed by atoms with E-state index in [9.17, 15) is 4.79 Å². The Bertz CT molecular complexity index is 524. The van der Waals surface area contributed by atoms with Crippen molar-refractivity contribution in [3.05, 3.63) is 0 Å². The zero-order valence-electron chi connectivity index (χ0n) is 16.7. The number of amides is 1. The average molecular weight is 394 g/mol. The number of piperidine rings is 1. The fourth-order valence-electron chi connectivity index (χ4n) is 6.48. The lowest BCUT2D eigenvalue weighted by Gasteiger charge is -2.56. The van der Waals surface area contributed by atoms with Crippen LogP contribution in [0.1, 0.15) is 57.8 Å². The van der Waals surface area contributed by atoms with Crippen LogP contribution in [0.3, 0.4) is 0 Å². The van der Waals surface area contributed by atoms with Gasteiger partial charge in [-0.3, -0.25) is 4.79 Å². The molecule has 1 saturated heterocycles. The molecule has 1 heterocycles. The van der Waals surface area contributed by atoms with Gasteiger partial charge in [0, 0.05) is 44.8 Å². The van der Waals surface area contributed by atoms with Gasteiger partial charge in [-0.2, -0.15) is 0 Å². The SMILES string of the molecule is COCCCNC(=S)N1CCC(NC(=O)C23CC4CC(CC(C4)C2)C3)CC1. The first kappa shape index (κ1) is 19.4. The van der Waals surface area contributed by atoms with Gasteiger partial charge in [-0.25, -0.2) is 0 Å². The summed E-state index contributed by atoms with van der Waals surface area (Å²) in [5.74, 6) is 2.85. The van der Waals surface area contributed by atoms with E-state index in [4.69, 9.17) is 17.0 Å². The topological polar surface area (TPSA) is 53.6 Å². The van der Waals surface area contributed by atoms with Crippen molar-refractivity contribution in [1.29, 1.82) is 0 Å². The molecule has 1 amide bonds. The summed E-state index contributed by atoms with van der Waals surface area (Å²) in [5, 5.41) is 7.62. The van der Waals surface area contributed by atoms with Crippen molar-refractivity contribution in [3.8, 4) is 0 Å². The maximum absolute atomic E-state index is 13.2. The lowest BCUT2D eigenvalue weighted by molar-refractivity contribution is -0.147. The molecule has 27 heavy (non-hydrogen) atoms. The zero-order valence-corrected chi connectivity index (χ0v) is 17.5. The summed E-state index contributed by atoms with van der Waals surface area (Å²) in [5.41, 5.74) is -0.0237. The Morgan fingerprint density at radius 2 is 1.70 bits per heavy atom. The van der Waals surface area contributed by atoms with E-state index in [-0.39, 0.29) is 5.41 Å². The Labute approximate surface area is 169 Å². The van der Waals surface area contributed by atoms with Crippen LogP contribution in [0.25, 0.3) is 0 Å². The molecule has 0 aromatic rings. The fourth-order valence-corrected chi connectivity index (χ4v) is 6.76. The molecule has 0 spiro atoms. The van der Waals surface area contributed by atoms with Crippen molar-refractivity contribution < 1.29 is 9.53 Å². The van der Waals surface area contributed by atoms with Crippen molar-refractivity contribution in [2.45, 2.75) is 63.8 Å². The van der Waals surface area contributed by atoms with Crippen molar-refractivity contribution in [2.75, 3.05) is 33.4 Å². The standard InChI is InChI=1S/C21H35N3O2S/c1-26-8-2-5-22-20(27)24-6-3-18(4-7-24)23-19(25)21-12-15-9-16(13-21)11-17(10-15)14-21/h15-18H,2-14H2,1H3,(H,22,27)(H,23,25). The minimum Gasteiger partial charge on any atom is -0.385 e. The number of likely N-dealkylation sites (tertiary alicyclic amines) is 1. The quantitative estimate of drug-likeness (QED) is 0.537. The van der Waals surface area contributed by atoms with E-state index in [1.165, 1.54) is 19.3 Å². The van der Waals surface area contributed by atoms with Gasteiger partial charge >= 0.3 is 0 Å². The molecule has 0 unspecified atom stereocenters. The number of hydrogen-bond acceptors (Lipinski definition) is 3. The zero-order chi connectivity index (χ0) is 18.9. The highest BCUT2D eigenvalue weighted by Gasteiger charge is 2.54. The van der Waals surface area contributed by atoms with Gasteiger partial charge in [-0.05, 0) is 87.8 Å². The molecule has 0 aromatic carbocycles. The van der Waals surface area contributed by atoms with Gasteiger partial charge in [0.1, 0.15) is 0 Å². The highest BCUT2D eigenvalue weighted by Crippen LogP contribution is 2.60. The number of nitrogens with one attached hydrogen (secondary N) is 2. The van der Waals surface area contributed by atoms with E-state index in [1.807, 2.05) is 0 Å². The molecule has 5 rings (SSSR count). The van der Waals surface area contributed by atoms with E-state index >= 15 is 0 Å². The Balaban J connectivity index is 1.23. The number of methoxy groups -OCH3 is 1. The van der Waals surface area contributed by atoms with Gasteiger partial charge in [0.05, 0.1) is 0 Å². The van der Waals surface area contributed by atoms with Gasteiger partial charge in [0.15, 0.2) is 5.11 Å². The van der Waals surface area contributed by atoms with Crippen molar-refractivity contribution >= 4 is 23.2 Å². The molecule has 4 saturated carbocycles. The maximum atomic E-state index is 13.2. The second kappa shape index (κ2) is 8.24. The third-order valence-corrected chi connectivity index (χ3v) is 7.84. The monoisotopic (exact) mass is 393 g/mol. The van der Waals surface area contributed by atoms with Crippen LogP contribution in [-0.2, 0) is 9.53 Å². The van der Waals surface area contributed by atoms with Crippen LogP contribution >= 0.6 is 12.2 Å². The number of hydrogen-bond donors (Lipinski definition) is 2. The van der Waals surface area contributed by atoms with Gasteiger partial charge in [0.2, 0.25) is 5.91 Å². The highest BCUT2D eigenvalue weighted by molar-refractivity contribution is 7.80. The lowest BCUT2D eigenvalue weighted by Crippen LogP contribution is -2.56. The Morgan fingerprint density at radius 1 is 1.11 bits per heavy atom. The number of thiocarbonyl (C=S) groups is 1. The molecular formula is C21H35N3O2S. The first-order chi connectivity index (χ1) is 13.1. The molecule has 152 valence electrons. The number of ether oxygens (including phenoxy) is 1. The molecule has 5 aliphatic rings. The molecule has 5 nitrogen and oxygen atoms in total. The Hall–Kier alpha value is -0.880. The van der Waals surface area contributed by atoms with Crippen LogP contribution in [0.5, 0.6) is 0 Å². The summed E-state index contributed by atoms with van der Waals surface area (Å²) >= 11 is 5.51. The predicted molar refractivity (Wildman–Crippen MR) is 110 cm³/mol. The van der Waals surface area contributed by atoms with E-state index in [0.29, 0.717) is 11.9 Å². The molecule has 0 aromatic heterocycles. The molecule has 6 heteroatoms. The molecule has 2 N–H and O–H groups in total. The van der Waals surface area contributed by atoms with Crippen LogP contribution in [0.15, 0.2) is 0 Å². The Kier molecular flexibility index (Phi) is 5.93. The van der Waals surface area contributed by atoms with Crippen LogP contribution in [0, 0.1) is 23.2 Å². The van der Waals surface area contributed by atoms with E-state index in [1.54, 1.807) is 7.11 Å². The average Bonchev–Trinajstić information content (AvgIpc) is 2.64. The third kappa shape index (κ3) is 4.26. The number of carbonyl (C=O) groups excluding carboxylic acids is 1. The minimum absolute atomic E-state index is 0.0237. The lowest BCUT2D eigenvalue weighted by atomic mass is 9.49. The van der Waals surface area contributed by atoms with Crippen LogP contribution < -0.4 is 10.6 Å². The molecule has 4 aliphatic carbocycles. The minimum atomic E-state index is -0.0237. The van der Waals surface area contributed by atoms with E-state index < -0.39 is 0 Å². The predicted octanol–water partition coefficient (Wildman–Crippen LogP) is 2.69. The second-order valence-electron chi connectivity index (χ2n) is 9.51. The molecule has 1 aliphatic heterocycles. The molecule has 0 radical (unpaired) electrons. The maximum Gasteiger partial charge on any atom is 0.226 e. The summed E-state index contributed by atoms with van der Waals surface area (Å²) < 4.78 is 5.07. The molecular weight excluding hydrogens is 358 g/mol. The summed E-state index contributed by atoms with van der Waals surface area (Å²) in [6.07, 6.45) is 10.6. The number of nitrogens with zero attached hydrogens (tertiary/aromatic N) is 1. The van der Waals surface area contributed by atoms with Crippen molar-refractivity contribution in [2.24, 2.45) is 23.2 Å². The summed E-state index contributed by atoms with van der Waals surface area (Å²) in [7, 11) is 1.72. The highest BCUT2D eigenvalue weighted by atomic mass is 32.1. The van der Waals surface area contributed by atoms with E-state index in [0.717, 1.165) is 87.6 Å². The first-order valence-corrected chi connectivity index (χ1v) is 11.3. The molecule has 5 fully saturated rings. The summed E-state index contributed by atoms with van der Waals surface area (Å²) in [4.78, 5) is 15.5. The van der Waals surface area contributed by atoms with Crippen molar-refractivity contribution in [1.82, 2.24) is 15.5 Å². The third-order valence-electron chi connectivity index (χ3n) is 7.44. The van der Waals surface area contributed by atoms with Gasteiger partial charge < -0.3 is 20.3 Å². The normalized spacial score (nSPS) is 35.3.